The van der Waals surface area contributed by atoms with Gasteiger partial charge in [-0.3, -0.25) is 9.59 Å². The summed E-state index contributed by atoms with van der Waals surface area (Å²) in [6.45, 7) is 2.07. The summed E-state index contributed by atoms with van der Waals surface area (Å²) in [4.78, 5) is 26.1. The molecule has 0 saturated heterocycles. The summed E-state index contributed by atoms with van der Waals surface area (Å²) in [7, 11) is 1.69. The molecule has 0 aromatic heterocycles. The molecular weight excluding hydrogens is 347 g/mol. The van der Waals surface area contributed by atoms with Gasteiger partial charge in [-0.25, -0.2) is 0 Å². The number of nitrogens with zero attached hydrogens (tertiary/aromatic N) is 1. The second-order valence-electron chi connectivity index (χ2n) is 5.53. The molecule has 0 aliphatic heterocycles. The van der Waals surface area contributed by atoms with Crippen LogP contribution >= 0.6 is 23.2 Å². The van der Waals surface area contributed by atoms with Gasteiger partial charge in [-0.1, -0.05) is 35.3 Å². The van der Waals surface area contributed by atoms with Crippen LogP contribution in [0.4, 0.5) is 0 Å². The molecule has 0 bridgehead atoms. The van der Waals surface area contributed by atoms with Gasteiger partial charge in [0.25, 0.3) is 5.91 Å². The van der Waals surface area contributed by atoms with E-state index in [0.29, 0.717) is 22.2 Å². The minimum absolute atomic E-state index is 0.183. The van der Waals surface area contributed by atoms with E-state index in [-0.39, 0.29) is 11.8 Å². The number of hydrogen-bond donors (Lipinski definition) is 1. The maximum Gasteiger partial charge on any atom is 0.251 e. The first-order valence-electron chi connectivity index (χ1n) is 7.42. The molecule has 6 heteroatoms. The molecule has 2 aromatic carbocycles. The molecule has 24 heavy (non-hydrogen) atoms. The van der Waals surface area contributed by atoms with Gasteiger partial charge in [-0.2, -0.15) is 0 Å². The first kappa shape index (κ1) is 18.3. The summed E-state index contributed by atoms with van der Waals surface area (Å²) in [6, 6.07) is 13.2. The van der Waals surface area contributed by atoms with Crippen molar-refractivity contribution in [2.45, 2.75) is 19.5 Å². The minimum atomic E-state index is -0.641. The Morgan fingerprint density at radius 3 is 2.38 bits per heavy atom. The first-order valence-corrected chi connectivity index (χ1v) is 8.18. The van der Waals surface area contributed by atoms with Crippen molar-refractivity contribution < 1.29 is 9.59 Å². The van der Waals surface area contributed by atoms with Crippen LogP contribution in [0, 0.1) is 0 Å². The Morgan fingerprint density at radius 2 is 1.75 bits per heavy atom. The van der Waals surface area contributed by atoms with Crippen molar-refractivity contribution >= 4 is 35.0 Å². The van der Waals surface area contributed by atoms with Gasteiger partial charge in [0.15, 0.2) is 0 Å². The van der Waals surface area contributed by atoms with Crippen LogP contribution in [0.25, 0.3) is 0 Å². The van der Waals surface area contributed by atoms with E-state index >= 15 is 0 Å². The lowest BCUT2D eigenvalue weighted by atomic mass is 10.2. The molecule has 126 valence electrons. The van der Waals surface area contributed by atoms with Crippen molar-refractivity contribution in [2.24, 2.45) is 0 Å². The second-order valence-corrected chi connectivity index (χ2v) is 6.40. The molecule has 2 aromatic rings. The quantitative estimate of drug-likeness (QED) is 0.877. The van der Waals surface area contributed by atoms with E-state index in [2.05, 4.69) is 5.32 Å². The first-order chi connectivity index (χ1) is 11.4. The Morgan fingerprint density at radius 1 is 1.08 bits per heavy atom. The zero-order valence-corrected chi connectivity index (χ0v) is 14.9. The lowest BCUT2D eigenvalue weighted by Crippen LogP contribution is -2.45. The summed E-state index contributed by atoms with van der Waals surface area (Å²) < 4.78 is 0. The van der Waals surface area contributed by atoms with Crippen LogP contribution in [0.3, 0.4) is 0 Å². The molecule has 4 nitrogen and oxygen atoms in total. The Balaban J connectivity index is 1.95. The van der Waals surface area contributed by atoms with Gasteiger partial charge < -0.3 is 10.2 Å². The van der Waals surface area contributed by atoms with Crippen molar-refractivity contribution in [3.8, 4) is 0 Å². The van der Waals surface area contributed by atoms with E-state index in [0.717, 1.165) is 5.56 Å². The second kappa shape index (κ2) is 8.18. The summed E-state index contributed by atoms with van der Waals surface area (Å²) >= 11 is 11.7. The summed E-state index contributed by atoms with van der Waals surface area (Å²) in [6.07, 6.45) is 0. The number of nitrogens with one attached hydrogen (secondary N) is 1. The molecule has 0 aliphatic carbocycles. The zero-order valence-electron chi connectivity index (χ0n) is 13.4. The molecule has 0 radical (unpaired) electrons. The van der Waals surface area contributed by atoms with Crippen LogP contribution in [0.15, 0.2) is 48.5 Å². The van der Waals surface area contributed by atoms with Crippen molar-refractivity contribution in [2.75, 3.05) is 7.05 Å². The predicted molar refractivity (Wildman–Crippen MR) is 96.3 cm³/mol. The fourth-order valence-electron chi connectivity index (χ4n) is 2.26. The third-order valence-electron chi connectivity index (χ3n) is 3.51. The van der Waals surface area contributed by atoms with Crippen molar-refractivity contribution in [3.05, 3.63) is 69.7 Å². The number of carbonyl (C=O) groups excluding carboxylic acids is 2. The standard InChI is InChI=1S/C18H18Cl2N2O2/c1-12(21-17(23)14-6-8-15(19)9-7-14)18(24)22(2)11-13-4-3-5-16(20)10-13/h3-10,12H,11H2,1-2H3,(H,21,23). The predicted octanol–water partition coefficient (Wildman–Crippen LogP) is 3.77. The van der Waals surface area contributed by atoms with E-state index in [1.165, 1.54) is 0 Å². The zero-order chi connectivity index (χ0) is 17.7. The lowest BCUT2D eigenvalue weighted by molar-refractivity contribution is -0.132. The van der Waals surface area contributed by atoms with Gasteiger partial charge in [0.05, 0.1) is 0 Å². The van der Waals surface area contributed by atoms with E-state index in [1.807, 2.05) is 18.2 Å². The molecule has 2 amide bonds. The number of hydrogen-bond acceptors (Lipinski definition) is 2. The molecule has 0 fully saturated rings. The maximum absolute atomic E-state index is 12.4. The highest BCUT2D eigenvalue weighted by Gasteiger charge is 2.20. The summed E-state index contributed by atoms with van der Waals surface area (Å²) in [5.74, 6) is -0.499. The smallest absolute Gasteiger partial charge is 0.251 e. The van der Waals surface area contributed by atoms with E-state index in [1.54, 1.807) is 49.2 Å². The molecule has 2 rings (SSSR count). The van der Waals surface area contributed by atoms with Crippen molar-refractivity contribution in [3.63, 3.8) is 0 Å². The van der Waals surface area contributed by atoms with E-state index in [4.69, 9.17) is 23.2 Å². The molecule has 0 saturated carbocycles. The minimum Gasteiger partial charge on any atom is -0.341 e. The topological polar surface area (TPSA) is 49.4 Å². The Labute approximate surface area is 151 Å². The van der Waals surface area contributed by atoms with Gasteiger partial charge >= 0.3 is 0 Å². The van der Waals surface area contributed by atoms with Gasteiger partial charge in [0, 0.05) is 29.2 Å². The average molecular weight is 365 g/mol. The lowest BCUT2D eigenvalue weighted by Gasteiger charge is -2.22. The van der Waals surface area contributed by atoms with Crippen LogP contribution in [-0.4, -0.2) is 29.8 Å². The van der Waals surface area contributed by atoms with Crippen molar-refractivity contribution in [1.29, 1.82) is 0 Å². The van der Waals surface area contributed by atoms with Gasteiger partial charge in [0.1, 0.15) is 6.04 Å². The number of benzene rings is 2. The molecular formula is C18H18Cl2N2O2. The third kappa shape index (κ3) is 4.98. The van der Waals surface area contributed by atoms with Crippen LogP contribution in [0.2, 0.25) is 10.0 Å². The summed E-state index contributed by atoms with van der Waals surface area (Å²) in [5.41, 5.74) is 1.38. The van der Waals surface area contributed by atoms with Crippen LogP contribution in [0.5, 0.6) is 0 Å². The monoisotopic (exact) mass is 364 g/mol. The normalized spacial score (nSPS) is 11.7. The van der Waals surface area contributed by atoms with Crippen LogP contribution in [0.1, 0.15) is 22.8 Å². The van der Waals surface area contributed by atoms with Gasteiger partial charge in [-0.05, 0) is 48.9 Å². The Bertz CT molecular complexity index is 732. The van der Waals surface area contributed by atoms with Crippen LogP contribution in [-0.2, 0) is 11.3 Å². The molecule has 0 spiro atoms. The van der Waals surface area contributed by atoms with E-state index < -0.39 is 6.04 Å². The van der Waals surface area contributed by atoms with Crippen molar-refractivity contribution in [1.82, 2.24) is 10.2 Å². The summed E-state index contributed by atoms with van der Waals surface area (Å²) in [5, 5.41) is 3.87. The SMILES string of the molecule is CC(NC(=O)c1ccc(Cl)cc1)C(=O)N(C)Cc1cccc(Cl)c1. The number of halogens is 2. The fourth-order valence-corrected chi connectivity index (χ4v) is 2.60. The Hall–Kier alpha value is -2.04. The number of amides is 2. The van der Waals surface area contributed by atoms with Gasteiger partial charge in [0.2, 0.25) is 5.91 Å². The molecule has 1 N–H and O–H groups in total. The van der Waals surface area contributed by atoms with Gasteiger partial charge in [-0.15, -0.1) is 0 Å². The molecule has 0 heterocycles. The highest BCUT2D eigenvalue weighted by atomic mass is 35.5. The fraction of sp³-hybridized carbons (Fsp3) is 0.222. The third-order valence-corrected chi connectivity index (χ3v) is 4.00. The maximum atomic E-state index is 12.4. The molecule has 0 aliphatic rings. The average Bonchev–Trinajstić information content (AvgIpc) is 2.54. The van der Waals surface area contributed by atoms with Crippen LogP contribution < -0.4 is 5.32 Å². The van der Waals surface area contributed by atoms with E-state index in [9.17, 15) is 9.59 Å². The number of rotatable bonds is 5. The Kier molecular flexibility index (Phi) is 6.23. The number of likely N-dealkylation sites (N-methyl/N-ethyl adjacent to an activating group) is 1. The molecule has 1 unspecified atom stereocenters. The molecule has 1 atom stereocenters. The largest absolute Gasteiger partial charge is 0.341 e. The number of carbonyl (C=O) groups is 2. The highest BCUT2D eigenvalue weighted by molar-refractivity contribution is 6.30. The highest BCUT2D eigenvalue weighted by Crippen LogP contribution is 2.13.